The van der Waals surface area contributed by atoms with Crippen LogP contribution < -0.4 is 11.1 Å². The molecule has 0 fully saturated rings. The fraction of sp³-hybridized carbons (Fsp3) is 0.500. The molecule has 1 aromatic rings. The first kappa shape index (κ1) is 16.9. The highest BCUT2D eigenvalue weighted by Gasteiger charge is 2.17. The van der Waals surface area contributed by atoms with Gasteiger partial charge in [-0.15, -0.1) is 0 Å². The Bertz CT molecular complexity index is 517. The molecule has 0 heterocycles. The van der Waals surface area contributed by atoms with E-state index < -0.39 is 10.8 Å². The van der Waals surface area contributed by atoms with Gasteiger partial charge in [0.25, 0.3) is 5.69 Å². The molecule has 1 rings (SSSR count). The first-order valence-corrected chi connectivity index (χ1v) is 6.88. The van der Waals surface area contributed by atoms with E-state index in [-0.39, 0.29) is 18.3 Å². The van der Waals surface area contributed by atoms with Crippen LogP contribution in [0.3, 0.4) is 0 Å². The summed E-state index contributed by atoms with van der Waals surface area (Å²) in [4.78, 5) is 23.5. The molecule has 0 saturated heterocycles. The summed E-state index contributed by atoms with van der Waals surface area (Å²) < 4.78 is 0. The van der Waals surface area contributed by atoms with Crippen LogP contribution in [0.25, 0.3) is 0 Å². The molecule has 0 aliphatic carbocycles. The molecule has 0 aliphatic rings. The standard InChI is InChI=1S/C14H22N4O3/c1-4-16-13-6-5-12(18(20)21)7-11(13)8-17(10(2)3)9-14(15)19/h5-7,10,16H,4,8-9H2,1-3H3,(H2,15,19). The van der Waals surface area contributed by atoms with Gasteiger partial charge in [-0.1, -0.05) is 0 Å². The number of carbonyl (C=O) groups excluding carboxylic acids is 1. The average molecular weight is 294 g/mol. The Hall–Kier alpha value is -2.15. The number of nitrogens with zero attached hydrogens (tertiary/aromatic N) is 2. The molecule has 7 nitrogen and oxygen atoms in total. The summed E-state index contributed by atoms with van der Waals surface area (Å²) in [5.74, 6) is -0.417. The number of primary amides is 1. The van der Waals surface area contributed by atoms with Gasteiger partial charge in [-0.2, -0.15) is 0 Å². The summed E-state index contributed by atoms with van der Waals surface area (Å²) in [6, 6.07) is 4.80. The summed E-state index contributed by atoms with van der Waals surface area (Å²) >= 11 is 0. The molecule has 0 spiro atoms. The molecule has 7 heteroatoms. The molecule has 0 aromatic heterocycles. The van der Waals surface area contributed by atoms with Gasteiger partial charge >= 0.3 is 0 Å². The second-order valence-corrected chi connectivity index (χ2v) is 5.09. The van der Waals surface area contributed by atoms with Crippen LogP contribution in [-0.2, 0) is 11.3 Å². The van der Waals surface area contributed by atoms with Crippen molar-refractivity contribution in [3.05, 3.63) is 33.9 Å². The zero-order valence-corrected chi connectivity index (χ0v) is 12.6. The van der Waals surface area contributed by atoms with Crippen molar-refractivity contribution in [2.24, 2.45) is 5.73 Å². The van der Waals surface area contributed by atoms with E-state index in [9.17, 15) is 14.9 Å². The number of anilines is 1. The number of nitro benzene ring substituents is 1. The molecule has 116 valence electrons. The molecular formula is C14H22N4O3. The first-order chi connectivity index (χ1) is 9.85. The van der Waals surface area contributed by atoms with Gasteiger partial charge < -0.3 is 11.1 Å². The van der Waals surface area contributed by atoms with E-state index in [1.165, 1.54) is 12.1 Å². The topological polar surface area (TPSA) is 102 Å². The number of hydrogen-bond acceptors (Lipinski definition) is 5. The second-order valence-electron chi connectivity index (χ2n) is 5.09. The number of hydrogen-bond donors (Lipinski definition) is 2. The molecule has 0 unspecified atom stereocenters. The Labute approximate surface area is 124 Å². The van der Waals surface area contributed by atoms with Crippen molar-refractivity contribution >= 4 is 17.3 Å². The lowest BCUT2D eigenvalue weighted by Gasteiger charge is -2.26. The highest BCUT2D eigenvalue weighted by Crippen LogP contribution is 2.24. The summed E-state index contributed by atoms with van der Waals surface area (Å²) in [5, 5.41) is 14.1. The summed E-state index contributed by atoms with van der Waals surface area (Å²) in [7, 11) is 0. The molecule has 21 heavy (non-hydrogen) atoms. The molecule has 0 bridgehead atoms. The highest BCUT2D eigenvalue weighted by atomic mass is 16.6. The molecular weight excluding hydrogens is 272 g/mol. The smallest absolute Gasteiger partial charge is 0.269 e. The zero-order valence-electron chi connectivity index (χ0n) is 12.6. The Morgan fingerprint density at radius 3 is 2.62 bits per heavy atom. The number of nitrogens with two attached hydrogens (primary N) is 1. The van der Waals surface area contributed by atoms with Crippen molar-refractivity contribution in [2.75, 3.05) is 18.4 Å². The Morgan fingerprint density at radius 2 is 2.14 bits per heavy atom. The minimum atomic E-state index is -0.424. The second kappa shape index (κ2) is 7.58. The summed E-state index contributed by atoms with van der Waals surface area (Å²) in [5.41, 5.74) is 6.90. The maximum Gasteiger partial charge on any atom is 0.269 e. The quantitative estimate of drug-likeness (QED) is 0.561. The Kier molecular flexibility index (Phi) is 6.10. The van der Waals surface area contributed by atoms with Gasteiger partial charge in [0.2, 0.25) is 5.91 Å². The van der Waals surface area contributed by atoms with E-state index in [0.717, 1.165) is 11.3 Å². The number of carbonyl (C=O) groups is 1. The number of nitrogens with one attached hydrogen (secondary N) is 1. The Morgan fingerprint density at radius 1 is 1.48 bits per heavy atom. The lowest BCUT2D eigenvalue weighted by molar-refractivity contribution is -0.384. The van der Waals surface area contributed by atoms with Crippen LogP contribution in [0, 0.1) is 10.1 Å². The monoisotopic (exact) mass is 294 g/mol. The number of non-ortho nitro benzene ring substituents is 1. The third-order valence-corrected chi connectivity index (χ3v) is 3.13. The van der Waals surface area contributed by atoms with Crippen molar-refractivity contribution in [1.29, 1.82) is 0 Å². The fourth-order valence-corrected chi connectivity index (χ4v) is 2.03. The lowest BCUT2D eigenvalue weighted by atomic mass is 10.1. The van der Waals surface area contributed by atoms with Crippen molar-refractivity contribution < 1.29 is 9.72 Å². The van der Waals surface area contributed by atoms with Crippen molar-refractivity contribution in [3.63, 3.8) is 0 Å². The van der Waals surface area contributed by atoms with E-state index in [1.54, 1.807) is 6.07 Å². The number of nitro groups is 1. The predicted molar refractivity (Wildman–Crippen MR) is 82.0 cm³/mol. The maximum absolute atomic E-state index is 11.1. The van der Waals surface area contributed by atoms with E-state index in [4.69, 9.17) is 5.73 Å². The van der Waals surface area contributed by atoms with Crippen LogP contribution in [0.2, 0.25) is 0 Å². The summed E-state index contributed by atoms with van der Waals surface area (Å²) in [6.07, 6.45) is 0. The van der Waals surface area contributed by atoms with Crippen LogP contribution in [0.15, 0.2) is 18.2 Å². The van der Waals surface area contributed by atoms with E-state index in [1.807, 2.05) is 25.7 Å². The zero-order chi connectivity index (χ0) is 16.0. The molecule has 1 aromatic carbocycles. The van der Waals surface area contributed by atoms with Gasteiger partial charge in [-0.05, 0) is 32.4 Å². The minimum Gasteiger partial charge on any atom is -0.385 e. The Balaban J connectivity index is 3.08. The van der Waals surface area contributed by atoms with Crippen molar-refractivity contribution in [2.45, 2.75) is 33.4 Å². The SMILES string of the molecule is CCNc1ccc([N+](=O)[O-])cc1CN(CC(N)=O)C(C)C. The van der Waals surface area contributed by atoms with Crippen LogP contribution >= 0.6 is 0 Å². The highest BCUT2D eigenvalue weighted by molar-refractivity contribution is 5.76. The van der Waals surface area contributed by atoms with Crippen LogP contribution in [0.5, 0.6) is 0 Å². The van der Waals surface area contributed by atoms with Gasteiger partial charge in [0, 0.05) is 37.0 Å². The predicted octanol–water partition coefficient (Wildman–Crippen LogP) is 1.72. The maximum atomic E-state index is 11.1. The summed E-state index contributed by atoms with van der Waals surface area (Å²) in [6.45, 7) is 7.11. The molecule has 3 N–H and O–H groups in total. The fourth-order valence-electron chi connectivity index (χ4n) is 2.03. The molecule has 0 saturated carbocycles. The van der Waals surface area contributed by atoms with Crippen molar-refractivity contribution in [3.8, 4) is 0 Å². The van der Waals surface area contributed by atoms with Gasteiger partial charge in [0.15, 0.2) is 0 Å². The van der Waals surface area contributed by atoms with E-state index in [2.05, 4.69) is 5.32 Å². The van der Waals surface area contributed by atoms with Crippen molar-refractivity contribution in [1.82, 2.24) is 4.90 Å². The van der Waals surface area contributed by atoms with E-state index in [0.29, 0.717) is 13.1 Å². The molecule has 0 aliphatic heterocycles. The van der Waals surface area contributed by atoms with Gasteiger partial charge in [-0.3, -0.25) is 19.8 Å². The normalized spacial score (nSPS) is 10.9. The number of amides is 1. The largest absolute Gasteiger partial charge is 0.385 e. The third-order valence-electron chi connectivity index (χ3n) is 3.13. The average Bonchev–Trinajstić information content (AvgIpc) is 2.39. The minimum absolute atomic E-state index is 0.0365. The number of rotatable bonds is 8. The van der Waals surface area contributed by atoms with Gasteiger partial charge in [0.1, 0.15) is 0 Å². The molecule has 0 radical (unpaired) electrons. The molecule has 0 atom stereocenters. The van der Waals surface area contributed by atoms with Gasteiger partial charge in [0.05, 0.1) is 11.5 Å². The van der Waals surface area contributed by atoms with Crippen LogP contribution in [-0.4, -0.2) is 34.9 Å². The number of benzene rings is 1. The van der Waals surface area contributed by atoms with E-state index >= 15 is 0 Å². The van der Waals surface area contributed by atoms with Crippen LogP contribution in [0.1, 0.15) is 26.3 Å². The lowest BCUT2D eigenvalue weighted by Crippen LogP contribution is -2.38. The van der Waals surface area contributed by atoms with Crippen LogP contribution in [0.4, 0.5) is 11.4 Å². The third kappa shape index (κ3) is 5.03. The first-order valence-electron chi connectivity index (χ1n) is 6.88. The molecule has 1 amide bonds. The van der Waals surface area contributed by atoms with Gasteiger partial charge in [-0.25, -0.2) is 0 Å².